The first-order valence-electron chi connectivity index (χ1n) is 9.05. The molecular weight excluding hydrogens is 396 g/mol. The van der Waals surface area contributed by atoms with E-state index < -0.39 is 0 Å². The maximum absolute atomic E-state index is 12.6. The summed E-state index contributed by atoms with van der Waals surface area (Å²) in [7, 11) is 0. The minimum atomic E-state index is -0.298. The molecule has 0 aliphatic heterocycles. The molecule has 5 heteroatoms. The van der Waals surface area contributed by atoms with Crippen LogP contribution in [0.2, 0.25) is 0 Å². The molecule has 0 saturated heterocycles. The van der Waals surface area contributed by atoms with Crippen molar-refractivity contribution in [3.8, 4) is 6.07 Å². The monoisotopic (exact) mass is 416 g/mol. The van der Waals surface area contributed by atoms with Crippen molar-refractivity contribution in [3.05, 3.63) is 105 Å². The number of allylic oxidation sites excluding steroid dienone is 1. The molecule has 0 aromatic heterocycles. The SMILES string of the molecule is Cc1ccc(SC(Sc2ccc(C)cc2)=C(C#N)NC(=O)c2ccccc2)cc1. The first kappa shape index (κ1) is 20.8. The molecule has 29 heavy (non-hydrogen) atoms. The molecule has 3 rings (SSSR count). The van der Waals surface area contributed by atoms with E-state index in [1.54, 1.807) is 24.3 Å². The van der Waals surface area contributed by atoms with Gasteiger partial charge < -0.3 is 5.32 Å². The Balaban J connectivity index is 1.93. The summed E-state index contributed by atoms with van der Waals surface area (Å²) in [5.74, 6) is -0.298. The predicted octanol–water partition coefficient (Wildman–Crippen LogP) is 6.31. The van der Waals surface area contributed by atoms with Gasteiger partial charge in [-0.2, -0.15) is 5.26 Å². The third-order valence-electron chi connectivity index (χ3n) is 4.05. The molecule has 144 valence electrons. The van der Waals surface area contributed by atoms with Crippen LogP contribution in [0.3, 0.4) is 0 Å². The molecule has 0 unspecified atom stereocenters. The van der Waals surface area contributed by atoms with Gasteiger partial charge in [0.2, 0.25) is 0 Å². The van der Waals surface area contributed by atoms with Gasteiger partial charge in [0.25, 0.3) is 5.91 Å². The molecule has 0 saturated carbocycles. The van der Waals surface area contributed by atoms with Gasteiger partial charge in [0.15, 0.2) is 0 Å². The lowest BCUT2D eigenvalue weighted by Gasteiger charge is -2.12. The fourth-order valence-electron chi connectivity index (χ4n) is 2.45. The summed E-state index contributed by atoms with van der Waals surface area (Å²) in [6.45, 7) is 4.07. The van der Waals surface area contributed by atoms with Crippen LogP contribution in [-0.4, -0.2) is 5.91 Å². The van der Waals surface area contributed by atoms with Crippen molar-refractivity contribution in [2.24, 2.45) is 0 Å². The summed E-state index contributed by atoms with van der Waals surface area (Å²) in [4.78, 5) is 14.6. The van der Waals surface area contributed by atoms with Crippen LogP contribution >= 0.6 is 23.5 Å². The van der Waals surface area contributed by atoms with Crippen molar-refractivity contribution >= 4 is 29.4 Å². The van der Waals surface area contributed by atoms with E-state index in [0.29, 0.717) is 5.56 Å². The van der Waals surface area contributed by atoms with E-state index in [-0.39, 0.29) is 11.6 Å². The summed E-state index contributed by atoms with van der Waals surface area (Å²) in [6, 6.07) is 27.3. The largest absolute Gasteiger partial charge is 0.312 e. The fraction of sp³-hybridized carbons (Fsp3) is 0.0833. The van der Waals surface area contributed by atoms with Gasteiger partial charge in [-0.15, -0.1) is 0 Å². The molecule has 0 atom stereocenters. The van der Waals surface area contributed by atoms with E-state index in [1.807, 2.05) is 68.4 Å². The number of nitriles is 1. The lowest BCUT2D eigenvalue weighted by atomic mass is 10.2. The molecule has 0 heterocycles. The number of nitrogens with one attached hydrogen (secondary N) is 1. The number of hydrogen-bond donors (Lipinski definition) is 1. The lowest BCUT2D eigenvalue weighted by Crippen LogP contribution is -2.22. The topological polar surface area (TPSA) is 52.9 Å². The second kappa shape index (κ2) is 10.0. The summed E-state index contributed by atoms with van der Waals surface area (Å²) >= 11 is 2.94. The molecule has 0 aliphatic rings. The molecule has 1 amide bonds. The number of amides is 1. The highest BCUT2D eigenvalue weighted by atomic mass is 32.2. The van der Waals surface area contributed by atoms with Crippen LogP contribution < -0.4 is 5.32 Å². The Morgan fingerprint density at radius 1 is 0.793 bits per heavy atom. The van der Waals surface area contributed by atoms with E-state index in [1.165, 1.54) is 34.7 Å². The maximum Gasteiger partial charge on any atom is 0.256 e. The first-order valence-corrected chi connectivity index (χ1v) is 10.7. The van der Waals surface area contributed by atoms with Gasteiger partial charge in [0.1, 0.15) is 11.8 Å². The number of nitrogens with zero attached hydrogens (tertiary/aromatic N) is 1. The van der Waals surface area contributed by atoms with Crippen LogP contribution in [0.25, 0.3) is 0 Å². The number of carbonyl (C=O) groups is 1. The van der Waals surface area contributed by atoms with Gasteiger partial charge in [-0.05, 0) is 50.2 Å². The zero-order valence-corrected chi connectivity index (χ0v) is 17.8. The van der Waals surface area contributed by atoms with E-state index in [4.69, 9.17) is 0 Å². The van der Waals surface area contributed by atoms with Crippen molar-refractivity contribution in [2.45, 2.75) is 23.6 Å². The number of thioether (sulfide) groups is 2. The first-order chi connectivity index (χ1) is 14.0. The average Bonchev–Trinajstić information content (AvgIpc) is 2.75. The Hall–Kier alpha value is -2.94. The van der Waals surface area contributed by atoms with Crippen molar-refractivity contribution in [3.63, 3.8) is 0 Å². The van der Waals surface area contributed by atoms with Gasteiger partial charge in [-0.1, -0.05) is 77.1 Å². The van der Waals surface area contributed by atoms with Crippen molar-refractivity contribution < 1.29 is 4.79 Å². The molecule has 0 aliphatic carbocycles. The molecule has 0 fully saturated rings. The Kier molecular flexibility index (Phi) is 7.18. The molecule has 3 aromatic rings. The van der Waals surface area contributed by atoms with E-state index in [2.05, 4.69) is 11.4 Å². The van der Waals surface area contributed by atoms with Crippen LogP contribution in [-0.2, 0) is 0 Å². The number of carbonyl (C=O) groups excluding carboxylic acids is 1. The summed E-state index contributed by atoms with van der Waals surface area (Å²) in [6.07, 6.45) is 0. The van der Waals surface area contributed by atoms with Gasteiger partial charge in [-0.25, -0.2) is 0 Å². The van der Waals surface area contributed by atoms with Crippen molar-refractivity contribution in [1.82, 2.24) is 5.32 Å². The highest BCUT2D eigenvalue weighted by Crippen LogP contribution is 2.40. The second-order valence-electron chi connectivity index (χ2n) is 6.42. The van der Waals surface area contributed by atoms with E-state index in [0.717, 1.165) is 14.0 Å². The molecule has 3 nitrogen and oxygen atoms in total. The predicted molar refractivity (Wildman–Crippen MR) is 121 cm³/mol. The number of rotatable bonds is 6. The average molecular weight is 417 g/mol. The fourth-order valence-corrected chi connectivity index (χ4v) is 4.56. The summed E-state index contributed by atoms with van der Waals surface area (Å²) in [5.41, 5.74) is 3.10. The van der Waals surface area contributed by atoms with Crippen LogP contribution in [0.5, 0.6) is 0 Å². The number of aryl methyl sites for hydroxylation is 2. The van der Waals surface area contributed by atoms with Gasteiger partial charge >= 0.3 is 0 Å². The highest BCUT2D eigenvalue weighted by Gasteiger charge is 2.15. The van der Waals surface area contributed by atoms with Crippen LogP contribution in [0.1, 0.15) is 21.5 Å². The smallest absolute Gasteiger partial charge is 0.256 e. The molecule has 1 N–H and O–H groups in total. The van der Waals surface area contributed by atoms with Crippen molar-refractivity contribution in [1.29, 1.82) is 5.26 Å². The summed E-state index contributed by atoms with van der Waals surface area (Å²) < 4.78 is 0.726. The van der Waals surface area contributed by atoms with Gasteiger partial charge in [0, 0.05) is 15.4 Å². The quantitative estimate of drug-likeness (QED) is 0.378. The second-order valence-corrected chi connectivity index (χ2v) is 8.85. The maximum atomic E-state index is 12.6. The molecule has 0 spiro atoms. The Bertz CT molecular complexity index is 1000. The zero-order chi connectivity index (χ0) is 20.6. The van der Waals surface area contributed by atoms with Gasteiger partial charge in [0.05, 0.1) is 4.24 Å². The van der Waals surface area contributed by atoms with E-state index in [9.17, 15) is 10.1 Å². The third kappa shape index (κ3) is 6.02. The number of hydrogen-bond acceptors (Lipinski definition) is 4. The summed E-state index contributed by atoms with van der Waals surface area (Å²) in [5, 5.41) is 12.6. The minimum Gasteiger partial charge on any atom is -0.312 e. The minimum absolute atomic E-state index is 0.245. The molecule has 3 aromatic carbocycles. The van der Waals surface area contributed by atoms with Crippen LogP contribution in [0.4, 0.5) is 0 Å². The molecule has 0 bridgehead atoms. The van der Waals surface area contributed by atoms with Crippen LogP contribution in [0.15, 0.2) is 98.6 Å². The Labute approximate surface area is 179 Å². The Morgan fingerprint density at radius 2 is 1.28 bits per heavy atom. The van der Waals surface area contributed by atoms with Gasteiger partial charge in [-0.3, -0.25) is 4.79 Å². The Morgan fingerprint density at radius 3 is 1.72 bits per heavy atom. The van der Waals surface area contributed by atoms with Crippen molar-refractivity contribution in [2.75, 3.05) is 0 Å². The zero-order valence-electron chi connectivity index (χ0n) is 16.2. The molecular formula is C24H20N2OS2. The normalized spacial score (nSPS) is 10.1. The standard InChI is InChI=1S/C24H20N2OS2/c1-17-8-12-20(13-9-17)28-24(29-21-14-10-18(2)11-15-21)22(16-25)26-23(27)19-6-4-3-5-7-19/h3-15H,1-2H3,(H,26,27). The third-order valence-corrected chi connectivity index (χ3v) is 6.35. The highest BCUT2D eigenvalue weighted by molar-refractivity contribution is 8.22. The van der Waals surface area contributed by atoms with E-state index >= 15 is 0 Å². The lowest BCUT2D eigenvalue weighted by molar-refractivity contribution is 0.0967. The number of benzene rings is 3. The molecule has 0 radical (unpaired) electrons. The van der Waals surface area contributed by atoms with Crippen LogP contribution in [0, 0.1) is 25.2 Å².